The third-order valence-electron chi connectivity index (χ3n) is 1.87. The number of benzene rings is 1. The zero-order valence-corrected chi connectivity index (χ0v) is 9.46. The highest BCUT2D eigenvalue weighted by Crippen LogP contribution is 2.28. The van der Waals surface area contributed by atoms with Gasteiger partial charge < -0.3 is 9.29 Å². The van der Waals surface area contributed by atoms with E-state index in [4.69, 9.17) is 5.11 Å². The van der Waals surface area contributed by atoms with Crippen LogP contribution in [0, 0.1) is 0 Å². The maximum Gasteiger partial charge on any atom is 0.534 e. The highest BCUT2D eigenvalue weighted by Gasteiger charge is 2.48. The van der Waals surface area contributed by atoms with Crippen LogP contribution in [0.4, 0.5) is 13.2 Å². The topological polar surface area (TPSA) is 80.7 Å². The predicted molar refractivity (Wildman–Crippen MR) is 53.4 cm³/mol. The largest absolute Gasteiger partial charge is 0.534 e. The molecule has 0 aliphatic rings. The molecule has 1 aromatic carbocycles. The van der Waals surface area contributed by atoms with Crippen molar-refractivity contribution in [2.75, 3.05) is 0 Å². The molecule has 0 bridgehead atoms. The summed E-state index contributed by atoms with van der Waals surface area (Å²) in [6.45, 7) is -0.451. The van der Waals surface area contributed by atoms with Gasteiger partial charge in [-0.3, -0.25) is 4.79 Å². The van der Waals surface area contributed by atoms with Crippen molar-refractivity contribution in [3.05, 3.63) is 29.3 Å². The number of carbonyl (C=O) groups excluding carboxylic acids is 1. The molecule has 0 saturated carbocycles. The van der Waals surface area contributed by atoms with Crippen LogP contribution in [0.25, 0.3) is 0 Å². The molecular weight excluding hydrogens is 277 g/mol. The van der Waals surface area contributed by atoms with Crippen LogP contribution in [-0.4, -0.2) is 25.3 Å². The Hall–Kier alpha value is -1.61. The highest BCUT2D eigenvalue weighted by atomic mass is 32.2. The van der Waals surface area contributed by atoms with Gasteiger partial charge in [0.2, 0.25) is 0 Å². The van der Waals surface area contributed by atoms with Crippen molar-refractivity contribution < 1.29 is 35.7 Å². The molecule has 1 aromatic rings. The smallest absolute Gasteiger partial charge is 0.392 e. The van der Waals surface area contributed by atoms with E-state index < -0.39 is 33.5 Å². The Kier molecular flexibility index (Phi) is 3.97. The van der Waals surface area contributed by atoms with E-state index in [9.17, 15) is 26.4 Å². The van der Waals surface area contributed by atoms with Crippen LogP contribution in [0.2, 0.25) is 0 Å². The van der Waals surface area contributed by atoms with E-state index in [1.807, 2.05) is 0 Å². The molecule has 0 saturated heterocycles. The molecule has 0 radical (unpaired) electrons. The van der Waals surface area contributed by atoms with E-state index in [1.165, 1.54) is 0 Å². The molecule has 18 heavy (non-hydrogen) atoms. The van der Waals surface area contributed by atoms with Crippen molar-refractivity contribution in [3.63, 3.8) is 0 Å². The van der Waals surface area contributed by atoms with Gasteiger partial charge in [-0.25, -0.2) is 0 Å². The lowest BCUT2D eigenvalue weighted by Gasteiger charge is -2.11. The predicted octanol–water partition coefficient (Wildman–Crippen LogP) is 1.22. The molecule has 0 atom stereocenters. The number of halogens is 3. The summed E-state index contributed by atoms with van der Waals surface area (Å²) in [4.78, 5) is 10.6. The minimum Gasteiger partial charge on any atom is -0.392 e. The van der Waals surface area contributed by atoms with Crippen LogP contribution in [0.3, 0.4) is 0 Å². The second-order valence-corrected chi connectivity index (χ2v) is 4.67. The second kappa shape index (κ2) is 4.94. The first kappa shape index (κ1) is 14.5. The van der Waals surface area contributed by atoms with Crippen LogP contribution in [0.1, 0.15) is 15.9 Å². The van der Waals surface area contributed by atoms with Gasteiger partial charge in [0.25, 0.3) is 0 Å². The van der Waals surface area contributed by atoms with E-state index in [2.05, 4.69) is 4.18 Å². The Balaban J connectivity index is 3.17. The number of aldehydes is 1. The van der Waals surface area contributed by atoms with E-state index in [1.54, 1.807) is 0 Å². The second-order valence-electron chi connectivity index (χ2n) is 3.13. The lowest BCUT2D eigenvalue weighted by molar-refractivity contribution is -0.0500. The number of hydrogen-bond acceptors (Lipinski definition) is 5. The minimum absolute atomic E-state index is 0.125. The average Bonchev–Trinajstić information content (AvgIpc) is 2.27. The molecule has 0 spiro atoms. The molecule has 0 aromatic heterocycles. The molecule has 0 heterocycles. The lowest BCUT2D eigenvalue weighted by Crippen LogP contribution is -2.28. The summed E-state index contributed by atoms with van der Waals surface area (Å²) >= 11 is 0. The Bertz CT molecular complexity index is 550. The van der Waals surface area contributed by atoms with Crippen molar-refractivity contribution in [1.82, 2.24) is 0 Å². The zero-order chi connectivity index (χ0) is 14.0. The average molecular weight is 284 g/mol. The fraction of sp³-hybridized carbons (Fsp3) is 0.222. The molecule has 1 N–H and O–H groups in total. The van der Waals surface area contributed by atoms with Crippen LogP contribution >= 0.6 is 0 Å². The summed E-state index contributed by atoms with van der Waals surface area (Å²) in [7, 11) is -5.82. The first-order valence-corrected chi connectivity index (χ1v) is 5.82. The first-order chi connectivity index (χ1) is 8.21. The maximum atomic E-state index is 12.1. The molecule has 1 rings (SSSR count). The van der Waals surface area contributed by atoms with Gasteiger partial charge in [0, 0.05) is 0 Å². The minimum atomic E-state index is -5.82. The molecule has 0 aliphatic carbocycles. The molecular formula is C9H7F3O5S. The van der Waals surface area contributed by atoms with Gasteiger partial charge in [-0.1, -0.05) is 6.07 Å². The van der Waals surface area contributed by atoms with Gasteiger partial charge in [-0.2, -0.15) is 21.6 Å². The zero-order valence-electron chi connectivity index (χ0n) is 8.64. The monoisotopic (exact) mass is 284 g/mol. The van der Waals surface area contributed by atoms with Gasteiger partial charge in [-0.05, 0) is 17.7 Å². The van der Waals surface area contributed by atoms with E-state index >= 15 is 0 Å². The van der Waals surface area contributed by atoms with Crippen molar-refractivity contribution in [2.45, 2.75) is 12.1 Å². The normalized spacial score (nSPS) is 12.2. The molecule has 0 aliphatic heterocycles. The third-order valence-corrected chi connectivity index (χ3v) is 2.83. The summed E-state index contributed by atoms with van der Waals surface area (Å²) in [6, 6.07) is 3.01. The number of hydrogen-bond donors (Lipinski definition) is 1. The number of aliphatic hydroxyl groups is 1. The van der Waals surface area contributed by atoms with E-state index in [-0.39, 0.29) is 11.8 Å². The van der Waals surface area contributed by atoms with Crippen LogP contribution < -0.4 is 4.18 Å². The van der Waals surface area contributed by atoms with E-state index in [0.29, 0.717) is 0 Å². The fourth-order valence-corrected chi connectivity index (χ4v) is 1.51. The fourth-order valence-electron chi connectivity index (χ4n) is 1.03. The highest BCUT2D eigenvalue weighted by molar-refractivity contribution is 7.88. The Labute approximate surface area is 99.9 Å². The summed E-state index contributed by atoms with van der Waals surface area (Å²) in [5.74, 6) is -0.750. The molecule has 100 valence electrons. The van der Waals surface area contributed by atoms with Gasteiger partial charge >= 0.3 is 15.6 Å². The van der Waals surface area contributed by atoms with Crippen molar-refractivity contribution in [1.29, 1.82) is 0 Å². The van der Waals surface area contributed by atoms with Crippen LogP contribution in [0.5, 0.6) is 5.75 Å². The Morgan fingerprint density at radius 1 is 1.33 bits per heavy atom. The van der Waals surface area contributed by atoms with Crippen molar-refractivity contribution in [3.8, 4) is 5.75 Å². The number of rotatable bonds is 4. The maximum absolute atomic E-state index is 12.1. The standard InChI is InChI=1S/C9H7F3O5S/c10-9(11,12)18(15,16)17-8-2-1-6(4-13)3-7(8)5-14/h1-3,5,13H,4H2. The van der Waals surface area contributed by atoms with Crippen molar-refractivity contribution in [2.24, 2.45) is 0 Å². The Morgan fingerprint density at radius 2 is 1.94 bits per heavy atom. The molecule has 0 amide bonds. The summed E-state index contributed by atoms with van der Waals surface area (Å²) < 4.78 is 61.5. The van der Waals surface area contributed by atoms with Crippen molar-refractivity contribution >= 4 is 16.4 Å². The first-order valence-electron chi connectivity index (χ1n) is 4.41. The van der Waals surface area contributed by atoms with Crippen LogP contribution in [0.15, 0.2) is 18.2 Å². The van der Waals surface area contributed by atoms with Gasteiger partial charge in [0.05, 0.1) is 12.2 Å². The summed E-state index contributed by atoms with van der Waals surface area (Å²) in [6.07, 6.45) is 0.125. The molecule has 0 fully saturated rings. The quantitative estimate of drug-likeness (QED) is 0.511. The lowest BCUT2D eigenvalue weighted by atomic mass is 10.1. The molecule has 9 heteroatoms. The van der Waals surface area contributed by atoms with E-state index in [0.717, 1.165) is 18.2 Å². The number of alkyl halides is 3. The van der Waals surface area contributed by atoms with Gasteiger partial charge in [0.15, 0.2) is 12.0 Å². The van der Waals surface area contributed by atoms with Gasteiger partial charge in [-0.15, -0.1) is 0 Å². The molecule has 0 unspecified atom stereocenters. The Morgan fingerprint density at radius 3 is 2.39 bits per heavy atom. The van der Waals surface area contributed by atoms with Gasteiger partial charge in [0.1, 0.15) is 0 Å². The third kappa shape index (κ3) is 2.99. The number of carbonyl (C=O) groups is 1. The summed E-state index contributed by atoms with van der Waals surface area (Å²) in [5.41, 5.74) is -5.76. The van der Waals surface area contributed by atoms with Crippen LogP contribution in [-0.2, 0) is 16.7 Å². The summed E-state index contributed by atoms with van der Waals surface area (Å²) in [5, 5.41) is 8.76. The number of aliphatic hydroxyl groups excluding tert-OH is 1. The SMILES string of the molecule is O=Cc1cc(CO)ccc1OS(=O)(=O)C(F)(F)F. The molecule has 5 nitrogen and oxygen atoms in total.